The van der Waals surface area contributed by atoms with Gasteiger partial charge in [0.2, 0.25) is 11.6 Å². The zero-order valence-corrected chi connectivity index (χ0v) is 16.3. The Kier molecular flexibility index (Phi) is 4.67. The Hall–Kier alpha value is -2.73. The van der Waals surface area contributed by atoms with Crippen molar-refractivity contribution in [1.82, 2.24) is 4.90 Å². The number of ketones is 2. The number of benzene rings is 1. The zero-order chi connectivity index (χ0) is 20.0. The molecule has 6 heteroatoms. The van der Waals surface area contributed by atoms with Crippen molar-refractivity contribution < 1.29 is 23.5 Å². The number of nitrogens with zero attached hydrogens (tertiary/aromatic N) is 1. The van der Waals surface area contributed by atoms with E-state index in [1.807, 2.05) is 11.0 Å². The van der Waals surface area contributed by atoms with E-state index in [-0.39, 0.29) is 12.0 Å². The molecule has 2 heterocycles. The summed E-state index contributed by atoms with van der Waals surface area (Å²) in [6, 6.07) is 6.68. The maximum Gasteiger partial charge on any atom is 0.323 e. The van der Waals surface area contributed by atoms with Crippen LogP contribution in [0.2, 0.25) is 0 Å². The molecule has 0 unspecified atom stereocenters. The molecule has 1 aliphatic heterocycles. The second-order valence-electron chi connectivity index (χ2n) is 7.80. The van der Waals surface area contributed by atoms with Crippen LogP contribution in [0.1, 0.15) is 52.3 Å². The molecule has 1 aromatic carbocycles. The number of hydrogen-bond acceptors (Lipinski definition) is 6. The number of Topliss-reactive ketones (excluding diaryl/α,β-unsaturated/α-hetero) is 2. The van der Waals surface area contributed by atoms with Crippen LogP contribution in [0.5, 0.6) is 0 Å². The minimum atomic E-state index is -0.501. The average Bonchev–Trinajstić information content (AvgIpc) is 3.08. The first-order valence-corrected chi connectivity index (χ1v) is 9.57. The number of hydrogen-bond donors (Lipinski definition) is 0. The Bertz CT molecular complexity index is 971. The van der Waals surface area contributed by atoms with E-state index in [2.05, 4.69) is 13.8 Å². The van der Waals surface area contributed by atoms with Crippen LogP contribution in [0.25, 0.3) is 11.3 Å². The van der Waals surface area contributed by atoms with Crippen molar-refractivity contribution in [1.29, 1.82) is 0 Å². The number of methoxy groups -OCH3 is 1. The molecule has 0 saturated heterocycles. The van der Waals surface area contributed by atoms with Gasteiger partial charge >= 0.3 is 5.97 Å². The van der Waals surface area contributed by atoms with Crippen LogP contribution in [0.15, 0.2) is 28.7 Å². The summed E-state index contributed by atoms with van der Waals surface area (Å²) in [5, 5.41) is 0. The van der Waals surface area contributed by atoms with Crippen LogP contribution in [-0.4, -0.2) is 42.1 Å². The summed E-state index contributed by atoms with van der Waals surface area (Å²) < 4.78 is 11.1. The maximum atomic E-state index is 12.7. The van der Waals surface area contributed by atoms with Crippen molar-refractivity contribution in [3.63, 3.8) is 0 Å². The van der Waals surface area contributed by atoms with Crippen molar-refractivity contribution in [2.45, 2.75) is 39.3 Å². The fourth-order valence-electron chi connectivity index (χ4n) is 4.21. The van der Waals surface area contributed by atoms with Gasteiger partial charge in [0.25, 0.3) is 0 Å². The Morgan fingerprint density at radius 1 is 1.18 bits per heavy atom. The molecule has 1 aliphatic carbocycles. The summed E-state index contributed by atoms with van der Waals surface area (Å²) in [5.74, 6) is 0.226. The minimum absolute atomic E-state index is 0.259. The van der Waals surface area contributed by atoms with Crippen molar-refractivity contribution in [3.05, 3.63) is 46.7 Å². The van der Waals surface area contributed by atoms with E-state index < -0.39 is 11.6 Å². The number of furan rings is 1. The first-order valence-electron chi connectivity index (χ1n) is 9.57. The van der Waals surface area contributed by atoms with Crippen molar-refractivity contribution in [3.8, 4) is 11.3 Å². The van der Waals surface area contributed by atoms with Gasteiger partial charge in [-0.25, -0.2) is 0 Å². The molecule has 4 rings (SSSR count). The number of carbonyl (C=O) groups excluding carboxylic acids is 3. The summed E-state index contributed by atoms with van der Waals surface area (Å²) in [6.07, 6.45) is 1.24. The fourth-order valence-corrected chi connectivity index (χ4v) is 4.21. The standard InChI is InChI=1S/C22H23NO5/c1-12(2)10-16(22(26)27-3)23-9-8-15-17(11-23)28-21-14-7-5-4-6-13(14)19(24)20(25)18(15)21/h4-7,12,16H,8-11H2,1-3H3/t16-/m0/s1. The number of esters is 1. The number of carbonyl (C=O) groups is 3. The van der Waals surface area contributed by atoms with E-state index in [0.717, 1.165) is 5.56 Å². The smallest absolute Gasteiger partial charge is 0.323 e. The lowest BCUT2D eigenvalue weighted by molar-refractivity contribution is -0.148. The van der Waals surface area contributed by atoms with Crippen LogP contribution in [0.3, 0.4) is 0 Å². The van der Waals surface area contributed by atoms with Gasteiger partial charge in [0.1, 0.15) is 17.6 Å². The number of ether oxygens (including phenoxy) is 1. The predicted octanol–water partition coefficient (Wildman–Crippen LogP) is 3.27. The first-order chi connectivity index (χ1) is 13.4. The SMILES string of the molecule is COC(=O)[C@H](CC(C)C)N1CCc2c(oc3c2C(=O)C(=O)c2ccccc2-3)C1. The molecule has 0 radical (unpaired) electrons. The third kappa shape index (κ3) is 2.88. The molecule has 146 valence electrons. The highest BCUT2D eigenvalue weighted by molar-refractivity contribution is 6.53. The van der Waals surface area contributed by atoms with E-state index in [4.69, 9.17) is 9.15 Å². The van der Waals surface area contributed by atoms with Gasteiger partial charge in [0.15, 0.2) is 0 Å². The highest BCUT2D eigenvalue weighted by Gasteiger charge is 2.40. The van der Waals surface area contributed by atoms with Crippen LogP contribution in [0.4, 0.5) is 0 Å². The third-order valence-electron chi connectivity index (χ3n) is 5.54. The molecule has 0 amide bonds. The highest BCUT2D eigenvalue weighted by atomic mass is 16.5. The molecule has 0 fully saturated rings. The lowest BCUT2D eigenvalue weighted by Gasteiger charge is -2.33. The molecule has 6 nitrogen and oxygen atoms in total. The molecule has 28 heavy (non-hydrogen) atoms. The third-order valence-corrected chi connectivity index (χ3v) is 5.54. The molecule has 2 aromatic rings. The first kappa shape index (κ1) is 18.6. The molecular weight excluding hydrogens is 358 g/mol. The zero-order valence-electron chi connectivity index (χ0n) is 16.3. The van der Waals surface area contributed by atoms with E-state index in [9.17, 15) is 14.4 Å². The molecule has 0 N–H and O–H groups in total. The lowest BCUT2D eigenvalue weighted by atomic mass is 9.85. The summed E-state index contributed by atoms with van der Waals surface area (Å²) in [4.78, 5) is 39.6. The van der Waals surface area contributed by atoms with Gasteiger partial charge < -0.3 is 9.15 Å². The highest BCUT2D eigenvalue weighted by Crippen LogP contribution is 2.40. The molecule has 1 atom stereocenters. The molecule has 1 aromatic heterocycles. The van der Waals surface area contributed by atoms with Crippen molar-refractivity contribution >= 4 is 17.5 Å². The Morgan fingerprint density at radius 3 is 2.57 bits per heavy atom. The molecule has 0 spiro atoms. The van der Waals surface area contributed by atoms with Gasteiger partial charge in [-0.05, 0) is 18.8 Å². The van der Waals surface area contributed by atoms with Crippen LogP contribution < -0.4 is 0 Å². The van der Waals surface area contributed by atoms with E-state index in [1.165, 1.54) is 7.11 Å². The predicted molar refractivity (Wildman–Crippen MR) is 102 cm³/mol. The van der Waals surface area contributed by atoms with Gasteiger partial charge in [-0.15, -0.1) is 0 Å². The summed E-state index contributed by atoms with van der Waals surface area (Å²) in [6.45, 7) is 5.16. The minimum Gasteiger partial charge on any atom is -0.468 e. The normalized spacial score (nSPS) is 17.1. The van der Waals surface area contributed by atoms with E-state index in [0.29, 0.717) is 60.1 Å². The molecule has 2 aliphatic rings. The molecule has 0 bridgehead atoms. The topological polar surface area (TPSA) is 76.8 Å². The summed E-state index contributed by atoms with van der Waals surface area (Å²) in [5.41, 5.74) is 2.24. The number of rotatable bonds is 4. The monoisotopic (exact) mass is 381 g/mol. The summed E-state index contributed by atoms with van der Waals surface area (Å²) in [7, 11) is 1.40. The molecule has 0 saturated carbocycles. The van der Waals surface area contributed by atoms with Crippen LogP contribution in [-0.2, 0) is 22.5 Å². The van der Waals surface area contributed by atoms with Gasteiger partial charge in [0.05, 0.1) is 19.2 Å². The molecular formula is C22H23NO5. The Balaban J connectivity index is 1.73. The van der Waals surface area contributed by atoms with E-state index in [1.54, 1.807) is 18.2 Å². The van der Waals surface area contributed by atoms with Gasteiger partial charge in [-0.3, -0.25) is 19.3 Å². The van der Waals surface area contributed by atoms with E-state index >= 15 is 0 Å². The van der Waals surface area contributed by atoms with Crippen molar-refractivity contribution in [2.75, 3.05) is 13.7 Å². The fraction of sp³-hybridized carbons (Fsp3) is 0.409. The quantitative estimate of drug-likeness (QED) is 0.598. The van der Waals surface area contributed by atoms with Crippen LogP contribution >= 0.6 is 0 Å². The van der Waals surface area contributed by atoms with Crippen molar-refractivity contribution in [2.24, 2.45) is 5.92 Å². The Morgan fingerprint density at radius 2 is 1.89 bits per heavy atom. The summed E-state index contributed by atoms with van der Waals surface area (Å²) >= 11 is 0. The van der Waals surface area contributed by atoms with Gasteiger partial charge in [0, 0.05) is 23.2 Å². The lowest BCUT2D eigenvalue weighted by Crippen LogP contribution is -2.45. The second kappa shape index (κ2) is 7.02. The number of fused-ring (bicyclic) bond motifs is 5. The average molecular weight is 381 g/mol. The van der Waals surface area contributed by atoms with Gasteiger partial charge in [-0.1, -0.05) is 38.1 Å². The largest absolute Gasteiger partial charge is 0.468 e. The van der Waals surface area contributed by atoms with Crippen LogP contribution in [0, 0.1) is 5.92 Å². The van der Waals surface area contributed by atoms with Gasteiger partial charge in [-0.2, -0.15) is 0 Å². The second-order valence-corrected chi connectivity index (χ2v) is 7.80. The maximum absolute atomic E-state index is 12.7. The Labute approximate surface area is 163 Å².